The van der Waals surface area contributed by atoms with Gasteiger partial charge in [0, 0.05) is 17.8 Å². The van der Waals surface area contributed by atoms with Crippen LogP contribution in [0, 0.1) is 21.4 Å². The van der Waals surface area contributed by atoms with Gasteiger partial charge in [0.25, 0.3) is 5.91 Å². The molecule has 0 saturated carbocycles. The van der Waals surface area contributed by atoms with Crippen molar-refractivity contribution in [3.63, 3.8) is 0 Å². The van der Waals surface area contributed by atoms with Crippen LogP contribution in [0.4, 0.5) is 11.4 Å². The molecule has 26 heavy (non-hydrogen) atoms. The molecular formula is C18H15N3O5. The number of nitro groups is 1. The van der Waals surface area contributed by atoms with Gasteiger partial charge in [0.15, 0.2) is 5.75 Å². The number of ether oxygens (including phenoxy) is 1. The molecule has 0 radical (unpaired) electrons. The second-order valence-corrected chi connectivity index (χ2v) is 5.09. The first-order valence-corrected chi connectivity index (χ1v) is 7.58. The number of carbonyl (C=O) groups excluding carboxylic acids is 1. The van der Waals surface area contributed by atoms with Gasteiger partial charge in [-0.1, -0.05) is 12.1 Å². The van der Waals surface area contributed by atoms with E-state index >= 15 is 0 Å². The molecule has 8 heteroatoms. The maximum absolute atomic E-state index is 12.3. The number of aromatic hydroxyl groups is 1. The summed E-state index contributed by atoms with van der Waals surface area (Å²) in [4.78, 5) is 22.4. The van der Waals surface area contributed by atoms with Gasteiger partial charge in [-0.2, -0.15) is 5.26 Å². The Bertz CT molecular complexity index is 915. The monoisotopic (exact) mass is 353 g/mol. The summed E-state index contributed by atoms with van der Waals surface area (Å²) in [6.45, 7) is 2.30. The van der Waals surface area contributed by atoms with Crippen molar-refractivity contribution in [1.29, 1.82) is 5.26 Å². The first kappa shape index (κ1) is 18.5. The molecule has 0 aliphatic rings. The number of phenols is 1. The van der Waals surface area contributed by atoms with Crippen molar-refractivity contribution in [1.82, 2.24) is 0 Å². The Morgan fingerprint density at radius 1 is 1.38 bits per heavy atom. The lowest BCUT2D eigenvalue weighted by molar-refractivity contribution is -0.385. The molecule has 0 aromatic heterocycles. The zero-order valence-corrected chi connectivity index (χ0v) is 13.8. The van der Waals surface area contributed by atoms with E-state index in [1.165, 1.54) is 12.1 Å². The lowest BCUT2D eigenvalue weighted by Crippen LogP contribution is -2.13. The summed E-state index contributed by atoms with van der Waals surface area (Å²) in [5.41, 5.74) is -0.0734. The molecule has 2 aromatic carbocycles. The zero-order chi connectivity index (χ0) is 19.1. The predicted octanol–water partition coefficient (Wildman–Crippen LogP) is 3.24. The quantitative estimate of drug-likeness (QED) is 0.355. The summed E-state index contributed by atoms with van der Waals surface area (Å²) in [5, 5.41) is 32.1. The van der Waals surface area contributed by atoms with Crippen LogP contribution < -0.4 is 10.1 Å². The normalized spacial score (nSPS) is 10.7. The molecule has 2 rings (SSSR count). The van der Waals surface area contributed by atoms with E-state index in [-0.39, 0.29) is 11.1 Å². The number of benzene rings is 2. The fraction of sp³-hybridized carbons (Fsp3) is 0.111. The molecule has 8 nitrogen and oxygen atoms in total. The summed E-state index contributed by atoms with van der Waals surface area (Å²) >= 11 is 0. The third-order valence-electron chi connectivity index (χ3n) is 3.28. The molecule has 0 atom stereocenters. The van der Waals surface area contributed by atoms with Crippen molar-refractivity contribution in [3.8, 4) is 17.6 Å². The highest BCUT2D eigenvalue weighted by Gasteiger charge is 2.15. The molecular weight excluding hydrogens is 338 g/mol. The van der Waals surface area contributed by atoms with Gasteiger partial charge in [-0.05, 0) is 36.8 Å². The van der Waals surface area contributed by atoms with Gasteiger partial charge in [-0.3, -0.25) is 14.9 Å². The fourth-order valence-corrected chi connectivity index (χ4v) is 2.12. The molecule has 0 aliphatic heterocycles. The molecule has 0 aliphatic carbocycles. The number of nitro benzene ring substituents is 1. The molecule has 0 bridgehead atoms. The van der Waals surface area contributed by atoms with Gasteiger partial charge >= 0.3 is 5.69 Å². The van der Waals surface area contributed by atoms with Crippen LogP contribution in [0.25, 0.3) is 6.08 Å². The summed E-state index contributed by atoms with van der Waals surface area (Å²) in [7, 11) is 0. The van der Waals surface area contributed by atoms with Crippen LogP contribution in [0.5, 0.6) is 11.5 Å². The third-order valence-corrected chi connectivity index (χ3v) is 3.28. The second-order valence-electron chi connectivity index (χ2n) is 5.09. The summed E-state index contributed by atoms with van der Waals surface area (Å²) in [5.74, 6) is -0.596. The van der Waals surface area contributed by atoms with Crippen LogP contribution >= 0.6 is 0 Å². The van der Waals surface area contributed by atoms with Crippen molar-refractivity contribution in [2.45, 2.75) is 6.92 Å². The van der Waals surface area contributed by atoms with E-state index in [4.69, 9.17) is 4.74 Å². The van der Waals surface area contributed by atoms with Gasteiger partial charge < -0.3 is 15.2 Å². The Kier molecular flexibility index (Phi) is 5.90. The van der Waals surface area contributed by atoms with Crippen molar-refractivity contribution in [2.75, 3.05) is 11.9 Å². The number of nitriles is 1. The zero-order valence-electron chi connectivity index (χ0n) is 13.8. The van der Waals surface area contributed by atoms with E-state index < -0.39 is 22.3 Å². The van der Waals surface area contributed by atoms with Crippen LogP contribution in [0.1, 0.15) is 12.5 Å². The molecule has 0 fully saturated rings. The molecule has 0 spiro atoms. The van der Waals surface area contributed by atoms with Crippen molar-refractivity contribution in [2.24, 2.45) is 0 Å². The Balaban J connectivity index is 2.25. The first-order chi connectivity index (χ1) is 12.4. The minimum absolute atomic E-state index is 0.240. The summed E-state index contributed by atoms with van der Waals surface area (Å²) in [6, 6.07) is 12.0. The Hall–Kier alpha value is -3.86. The van der Waals surface area contributed by atoms with Gasteiger partial charge in [0.2, 0.25) is 0 Å². The number of hydrogen-bond donors (Lipinski definition) is 2. The lowest BCUT2D eigenvalue weighted by Gasteiger charge is -2.07. The first-order valence-electron chi connectivity index (χ1n) is 7.58. The Morgan fingerprint density at radius 2 is 2.15 bits per heavy atom. The minimum atomic E-state index is -0.752. The highest BCUT2D eigenvalue weighted by molar-refractivity contribution is 6.09. The summed E-state index contributed by atoms with van der Waals surface area (Å²) in [6.07, 6.45) is 1.20. The van der Waals surface area contributed by atoms with Gasteiger partial charge in [-0.15, -0.1) is 0 Å². The number of nitrogens with one attached hydrogen (secondary N) is 1. The molecule has 2 N–H and O–H groups in total. The number of carbonyl (C=O) groups is 1. The standard InChI is InChI=1S/C18H15N3O5/c1-2-26-15-5-3-4-14(10-15)20-18(23)13(11-19)8-12-6-7-17(22)16(9-12)21(24)25/h3-10,22H,2H2,1H3,(H,20,23)/b13-8+. The number of amides is 1. The molecule has 0 unspecified atom stereocenters. The van der Waals surface area contributed by atoms with Crippen molar-refractivity contribution >= 4 is 23.4 Å². The molecule has 2 aromatic rings. The number of phenolic OH excluding ortho intramolecular Hbond substituents is 1. The highest BCUT2D eigenvalue weighted by Crippen LogP contribution is 2.27. The van der Waals surface area contributed by atoms with E-state index in [0.29, 0.717) is 18.0 Å². The molecule has 0 saturated heterocycles. The van der Waals surface area contributed by atoms with E-state index in [1.807, 2.05) is 6.92 Å². The number of anilines is 1. The van der Waals surface area contributed by atoms with Crippen LogP contribution in [-0.4, -0.2) is 22.5 Å². The Labute approximate surface area is 149 Å². The van der Waals surface area contributed by atoms with E-state index in [1.54, 1.807) is 30.3 Å². The highest BCUT2D eigenvalue weighted by atomic mass is 16.6. The summed E-state index contributed by atoms with van der Waals surface area (Å²) < 4.78 is 5.34. The van der Waals surface area contributed by atoms with Gasteiger partial charge in [0.1, 0.15) is 17.4 Å². The fourth-order valence-electron chi connectivity index (χ4n) is 2.12. The topological polar surface area (TPSA) is 125 Å². The predicted molar refractivity (Wildman–Crippen MR) is 94.6 cm³/mol. The third kappa shape index (κ3) is 4.58. The Morgan fingerprint density at radius 3 is 2.81 bits per heavy atom. The molecule has 0 heterocycles. The SMILES string of the molecule is CCOc1cccc(NC(=O)/C(C#N)=C/c2ccc(O)c([N+](=O)[O-])c2)c1. The van der Waals surface area contributed by atoms with Crippen LogP contribution in [-0.2, 0) is 4.79 Å². The van der Waals surface area contributed by atoms with Gasteiger partial charge in [0.05, 0.1) is 11.5 Å². The maximum atomic E-state index is 12.3. The number of nitrogens with zero attached hydrogens (tertiary/aromatic N) is 2. The van der Waals surface area contributed by atoms with E-state index in [2.05, 4.69) is 5.32 Å². The number of hydrogen-bond acceptors (Lipinski definition) is 6. The molecule has 1 amide bonds. The van der Waals surface area contributed by atoms with Crippen LogP contribution in [0.15, 0.2) is 48.0 Å². The van der Waals surface area contributed by atoms with Crippen LogP contribution in [0.2, 0.25) is 0 Å². The minimum Gasteiger partial charge on any atom is -0.502 e. The largest absolute Gasteiger partial charge is 0.502 e. The maximum Gasteiger partial charge on any atom is 0.311 e. The van der Waals surface area contributed by atoms with Gasteiger partial charge in [-0.25, -0.2) is 0 Å². The average Bonchev–Trinajstić information content (AvgIpc) is 2.61. The van der Waals surface area contributed by atoms with E-state index in [0.717, 1.165) is 12.1 Å². The van der Waals surface area contributed by atoms with Crippen LogP contribution in [0.3, 0.4) is 0 Å². The van der Waals surface area contributed by atoms with Crippen molar-refractivity contribution < 1.29 is 19.6 Å². The lowest BCUT2D eigenvalue weighted by atomic mass is 10.1. The average molecular weight is 353 g/mol. The molecule has 132 valence electrons. The smallest absolute Gasteiger partial charge is 0.311 e. The number of rotatable bonds is 6. The second kappa shape index (κ2) is 8.30. The van der Waals surface area contributed by atoms with Crippen molar-refractivity contribution in [3.05, 3.63) is 63.7 Å². The van der Waals surface area contributed by atoms with E-state index in [9.17, 15) is 25.3 Å².